The quantitative estimate of drug-likeness (QED) is 0.849. The molecule has 2 rings (SSSR count). The van der Waals surface area contributed by atoms with Crippen molar-refractivity contribution in [3.8, 4) is 0 Å². The lowest BCUT2D eigenvalue weighted by Gasteiger charge is -2.24. The first-order chi connectivity index (χ1) is 7.97. The molecule has 1 heterocycles. The zero-order valence-electron chi connectivity index (χ0n) is 8.76. The van der Waals surface area contributed by atoms with Crippen LogP contribution in [0.1, 0.15) is 12.5 Å². The smallest absolute Gasteiger partial charge is 0.253 e. The first kappa shape index (κ1) is 12.7. The van der Waals surface area contributed by atoms with Crippen LogP contribution in [0.4, 0.5) is 0 Å². The van der Waals surface area contributed by atoms with E-state index in [1.54, 1.807) is 31.2 Å². The van der Waals surface area contributed by atoms with Gasteiger partial charge in [-0.2, -0.15) is 0 Å². The number of hydroxylamine groups is 1. The van der Waals surface area contributed by atoms with Crippen molar-refractivity contribution in [2.24, 2.45) is 0 Å². The number of hydrogen-bond acceptors (Lipinski definition) is 3. The average Bonchev–Trinajstić information content (AvgIpc) is 2.61. The molecule has 1 aliphatic rings. The van der Waals surface area contributed by atoms with Crippen LogP contribution in [0.2, 0.25) is 10.0 Å². The average molecular weight is 293 g/mol. The molecule has 90 valence electrons. The van der Waals surface area contributed by atoms with Gasteiger partial charge in [-0.05, 0) is 36.7 Å². The van der Waals surface area contributed by atoms with E-state index in [1.807, 2.05) is 0 Å². The van der Waals surface area contributed by atoms with Crippen molar-refractivity contribution in [1.82, 2.24) is 5.48 Å². The third-order valence-corrected chi connectivity index (χ3v) is 3.39. The standard InChI is InChI=1S/C11H8Cl3NO2/c1-6-5-11(10(14)16,15-17-6)9-7(12)3-2-4-8(9)13/h2-5,15H,1H3. The molecule has 0 radical (unpaired) electrons. The fourth-order valence-corrected chi connectivity index (χ4v) is 2.60. The largest absolute Gasteiger partial charge is 0.412 e. The number of benzene rings is 1. The molecule has 0 aromatic heterocycles. The number of carbonyl (C=O) groups excluding carboxylic acids is 1. The van der Waals surface area contributed by atoms with E-state index in [-0.39, 0.29) is 0 Å². The summed E-state index contributed by atoms with van der Waals surface area (Å²) in [4.78, 5) is 16.8. The zero-order valence-corrected chi connectivity index (χ0v) is 11.0. The summed E-state index contributed by atoms with van der Waals surface area (Å²) < 4.78 is 0. The maximum atomic E-state index is 11.7. The molecule has 3 nitrogen and oxygen atoms in total. The molecule has 0 spiro atoms. The Morgan fingerprint density at radius 1 is 1.35 bits per heavy atom. The number of allylic oxidation sites excluding steroid dienone is 1. The highest BCUT2D eigenvalue weighted by atomic mass is 35.5. The van der Waals surface area contributed by atoms with E-state index >= 15 is 0 Å². The maximum absolute atomic E-state index is 11.7. The van der Waals surface area contributed by atoms with Gasteiger partial charge in [0.15, 0.2) is 5.54 Å². The molecule has 17 heavy (non-hydrogen) atoms. The Morgan fingerprint density at radius 2 is 1.94 bits per heavy atom. The fourth-order valence-electron chi connectivity index (χ4n) is 1.72. The highest BCUT2D eigenvalue weighted by Crippen LogP contribution is 2.40. The number of nitrogens with one attached hydrogen (secondary N) is 1. The molecule has 0 saturated carbocycles. The predicted octanol–water partition coefficient (Wildman–Crippen LogP) is 3.39. The van der Waals surface area contributed by atoms with Gasteiger partial charge in [-0.25, -0.2) is 0 Å². The zero-order chi connectivity index (χ0) is 12.6. The minimum absolute atomic E-state index is 0.341. The maximum Gasteiger partial charge on any atom is 0.253 e. The third kappa shape index (κ3) is 2.04. The highest BCUT2D eigenvalue weighted by molar-refractivity contribution is 6.66. The van der Waals surface area contributed by atoms with E-state index in [0.29, 0.717) is 21.4 Å². The van der Waals surface area contributed by atoms with E-state index in [9.17, 15) is 4.79 Å². The molecule has 1 aromatic carbocycles. The van der Waals surface area contributed by atoms with E-state index in [0.717, 1.165) is 0 Å². The molecule has 1 N–H and O–H groups in total. The number of hydrogen-bond donors (Lipinski definition) is 1. The molecular formula is C11H8Cl3NO2. The lowest BCUT2D eigenvalue weighted by atomic mass is 9.91. The van der Waals surface area contributed by atoms with Gasteiger partial charge in [-0.15, -0.1) is 5.48 Å². The van der Waals surface area contributed by atoms with Crippen molar-refractivity contribution in [2.45, 2.75) is 12.5 Å². The Morgan fingerprint density at radius 3 is 2.35 bits per heavy atom. The molecule has 1 unspecified atom stereocenters. The molecule has 0 bridgehead atoms. The Labute approximate surface area is 113 Å². The number of carbonyl (C=O) groups is 1. The van der Waals surface area contributed by atoms with Gasteiger partial charge >= 0.3 is 0 Å². The van der Waals surface area contributed by atoms with Gasteiger partial charge in [0.25, 0.3) is 5.24 Å². The monoisotopic (exact) mass is 291 g/mol. The van der Waals surface area contributed by atoms with Crippen molar-refractivity contribution >= 4 is 40.0 Å². The third-order valence-electron chi connectivity index (χ3n) is 2.46. The lowest BCUT2D eigenvalue weighted by molar-refractivity contribution is -0.118. The van der Waals surface area contributed by atoms with Crippen LogP contribution in [-0.2, 0) is 15.2 Å². The van der Waals surface area contributed by atoms with E-state index < -0.39 is 10.8 Å². The lowest BCUT2D eigenvalue weighted by Crippen LogP contribution is -2.42. The molecule has 0 amide bonds. The summed E-state index contributed by atoms with van der Waals surface area (Å²) >= 11 is 17.8. The van der Waals surface area contributed by atoms with Gasteiger partial charge < -0.3 is 4.84 Å². The van der Waals surface area contributed by atoms with Crippen LogP contribution in [0.25, 0.3) is 0 Å². The Hall–Kier alpha value is -0.740. The van der Waals surface area contributed by atoms with Gasteiger partial charge in [-0.1, -0.05) is 29.3 Å². The fraction of sp³-hybridized carbons (Fsp3) is 0.182. The summed E-state index contributed by atoms with van der Waals surface area (Å²) in [5.74, 6) is 0.523. The summed E-state index contributed by atoms with van der Waals surface area (Å²) in [6, 6.07) is 4.95. The first-order valence-corrected chi connectivity index (χ1v) is 5.88. The number of halogens is 3. The van der Waals surface area contributed by atoms with Crippen LogP contribution in [0.15, 0.2) is 30.0 Å². The van der Waals surface area contributed by atoms with Crippen LogP contribution in [0.3, 0.4) is 0 Å². The topological polar surface area (TPSA) is 38.3 Å². The molecule has 0 fully saturated rings. The molecule has 1 atom stereocenters. The van der Waals surface area contributed by atoms with Gasteiger partial charge in [-0.3, -0.25) is 4.79 Å². The first-order valence-electron chi connectivity index (χ1n) is 4.75. The van der Waals surface area contributed by atoms with E-state index in [1.165, 1.54) is 0 Å². The summed E-state index contributed by atoms with van der Waals surface area (Å²) in [6.45, 7) is 1.69. The molecular weight excluding hydrogens is 284 g/mol. The van der Waals surface area contributed by atoms with Crippen molar-refractivity contribution in [1.29, 1.82) is 0 Å². The normalized spacial score (nSPS) is 23.2. The molecule has 1 aromatic rings. The molecule has 1 aliphatic heterocycles. The van der Waals surface area contributed by atoms with Crippen molar-refractivity contribution in [3.05, 3.63) is 45.6 Å². The van der Waals surface area contributed by atoms with Crippen molar-refractivity contribution in [2.75, 3.05) is 0 Å². The number of rotatable bonds is 2. The van der Waals surface area contributed by atoms with Crippen LogP contribution >= 0.6 is 34.8 Å². The second-order valence-electron chi connectivity index (χ2n) is 3.64. The van der Waals surface area contributed by atoms with Crippen LogP contribution in [-0.4, -0.2) is 5.24 Å². The summed E-state index contributed by atoms with van der Waals surface area (Å²) in [6.07, 6.45) is 1.55. The van der Waals surface area contributed by atoms with Crippen LogP contribution in [0, 0.1) is 0 Å². The highest BCUT2D eigenvalue weighted by Gasteiger charge is 2.45. The molecule has 0 saturated heterocycles. The minimum atomic E-state index is -1.33. The van der Waals surface area contributed by atoms with Gasteiger partial charge in [0, 0.05) is 15.6 Å². The van der Waals surface area contributed by atoms with Crippen LogP contribution in [0.5, 0.6) is 0 Å². The Kier molecular flexibility index (Phi) is 3.36. The van der Waals surface area contributed by atoms with Crippen LogP contribution < -0.4 is 5.48 Å². The van der Waals surface area contributed by atoms with E-state index in [4.69, 9.17) is 39.6 Å². The second kappa shape index (κ2) is 4.50. The van der Waals surface area contributed by atoms with E-state index in [2.05, 4.69) is 5.48 Å². The molecule has 6 heteroatoms. The van der Waals surface area contributed by atoms with Gasteiger partial charge in [0.1, 0.15) is 5.76 Å². The second-order valence-corrected chi connectivity index (χ2v) is 4.80. The van der Waals surface area contributed by atoms with Gasteiger partial charge in [0.05, 0.1) is 0 Å². The van der Waals surface area contributed by atoms with Gasteiger partial charge in [0.2, 0.25) is 0 Å². The summed E-state index contributed by atoms with van der Waals surface area (Å²) in [5.41, 5.74) is 1.63. The minimum Gasteiger partial charge on any atom is -0.412 e. The SMILES string of the molecule is CC1=CC(C(=O)Cl)(c2c(Cl)cccc2Cl)NO1. The summed E-state index contributed by atoms with van der Waals surface area (Å²) in [5, 5.41) is 0.0199. The van der Waals surface area contributed by atoms with Crippen molar-refractivity contribution < 1.29 is 9.63 Å². The Bertz CT molecular complexity index is 495. The Balaban J connectivity index is 2.67. The molecule has 0 aliphatic carbocycles. The van der Waals surface area contributed by atoms with Crippen molar-refractivity contribution in [3.63, 3.8) is 0 Å². The predicted molar refractivity (Wildman–Crippen MR) is 67.0 cm³/mol. The summed E-state index contributed by atoms with van der Waals surface area (Å²) in [7, 11) is 0.